The topological polar surface area (TPSA) is 9.23 Å². The number of ether oxygens (including phenoxy) is 1. The first-order valence-corrected chi connectivity index (χ1v) is 9.39. The second-order valence-electron chi connectivity index (χ2n) is 6.60. The van der Waals surface area contributed by atoms with E-state index in [-0.39, 0.29) is 10.9 Å². The molecule has 0 saturated carbocycles. The van der Waals surface area contributed by atoms with Crippen LogP contribution in [0.2, 0.25) is 0 Å². The normalized spacial score (nSPS) is 11.1. The second-order valence-corrected chi connectivity index (χ2v) is 6.60. The van der Waals surface area contributed by atoms with E-state index in [9.17, 15) is 13.2 Å². The van der Waals surface area contributed by atoms with Gasteiger partial charge in [-0.3, -0.25) is 0 Å². The number of benzene rings is 3. The molecule has 3 aromatic carbocycles. The minimum atomic E-state index is -1.13. The van der Waals surface area contributed by atoms with Crippen molar-refractivity contribution in [3.63, 3.8) is 0 Å². The summed E-state index contributed by atoms with van der Waals surface area (Å²) in [4.78, 5) is 0. The number of halogens is 3. The molecule has 0 saturated heterocycles. The summed E-state index contributed by atoms with van der Waals surface area (Å²) in [5.41, 5.74) is 1.06. The second kappa shape index (κ2) is 8.47. The molecule has 0 aliphatic rings. The van der Waals surface area contributed by atoms with Crippen LogP contribution in [-0.4, -0.2) is 6.61 Å². The zero-order valence-electron chi connectivity index (χ0n) is 15.6. The molecular formula is C23H23F3O. The average Bonchev–Trinajstić information content (AvgIpc) is 2.67. The summed E-state index contributed by atoms with van der Waals surface area (Å²) < 4.78 is 49.6. The maximum Gasteiger partial charge on any atom is 0.170 e. The summed E-state index contributed by atoms with van der Waals surface area (Å²) in [6.07, 6.45) is 3.35. The lowest BCUT2D eigenvalue weighted by Gasteiger charge is -2.12. The lowest BCUT2D eigenvalue weighted by molar-refractivity contribution is 0.340. The predicted octanol–water partition coefficient (Wildman–Crippen LogP) is 7.06. The molecule has 4 heteroatoms. The Morgan fingerprint density at radius 3 is 2.22 bits per heavy atom. The molecule has 0 aliphatic heterocycles. The fraction of sp³-hybridized carbons (Fsp3) is 0.304. The Kier molecular flexibility index (Phi) is 6.04. The summed E-state index contributed by atoms with van der Waals surface area (Å²) in [6, 6.07) is 11.6. The van der Waals surface area contributed by atoms with Crippen LogP contribution in [0, 0.1) is 17.5 Å². The number of rotatable bonds is 7. The Morgan fingerprint density at radius 1 is 0.815 bits per heavy atom. The van der Waals surface area contributed by atoms with E-state index in [0.29, 0.717) is 35.3 Å². The molecule has 0 aromatic heterocycles. The third-order valence-electron chi connectivity index (χ3n) is 4.73. The number of aryl methyl sites for hydroxylation is 1. The molecule has 0 aliphatic carbocycles. The van der Waals surface area contributed by atoms with Gasteiger partial charge in [-0.1, -0.05) is 44.0 Å². The molecule has 3 rings (SSSR count). The number of hydrogen-bond donors (Lipinski definition) is 0. The Bertz CT molecular complexity index is 933. The highest BCUT2D eigenvalue weighted by atomic mass is 19.2. The van der Waals surface area contributed by atoms with E-state index in [2.05, 4.69) is 6.92 Å². The molecule has 0 amide bonds. The van der Waals surface area contributed by atoms with E-state index in [0.717, 1.165) is 19.3 Å². The Morgan fingerprint density at radius 2 is 1.56 bits per heavy atom. The SMILES string of the molecule is CCCCCc1ccc2cc(-c3ccc(OCC)cc3)c(F)c(F)c2c1F. The van der Waals surface area contributed by atoms with Crippen LogP contribution < -0.4 is 4.74 Å². The molecule has 0 atom stereocenters. The van der Waals surface area contributed by atoms with Gasteiger partial charge in [-0.2, -0.15) is 0 Å². The van der Waals surface area contributed by atoms with E-state index >= 15 is 0 Å². The van der Waals surface area contributed by atoms with Crippen molar-refractivity contribution in [3.05, 3.63) is 65.5 Å². The molecule has 0 bridgehead atoms. The molecular weight excluding hydrogens is 349 g/mol. The summed E-state index contributed by atoms with van der Waals surface area (Å²) in [5, 5.41) is 0.0886. The van der Waals surface area contributed by atoms with Gasteiger partial charge in [-0.25, -0.2) is 13.2 Å². The maximum atomic E-state index is 14.8. The zero-order chi connectivity index (χ0) is 19.4. The van der Waals surface area contributed by atoms with Gasteiger partial charge in [0.25, 0.3) is 0 Å². The van der Waals surface area contributed by atoms with E-state index in [4.69, 9.17) is 4.74 Å². The molecule has 0 spiro atoms. The molecule has 0 unspecified atom stereocenters. The van der Waals surface area contributed by atoms with Crippen molar-refractivity contribution < 1.29 is 17.9 Å². The van der Waals surface area contributed by atoms with E-state index in [1.807, 2.05) is 6.92 Å². The van der Waals surface area contributed by atoms with Crippen molar-refractivity contribution in [2.45, 2.75) is 39.5 Å². The largest absolute Gasteiger partial charge is 0.494 e. The molecule has 3 aromatic rings. The minimum Gasteiger partial charge on any atom is -0.494 e. The summed E-state index contributed by atoms with van der Waals surface area (Å²) in [5.74, 6) is -2.16. The van der Waals surface area contributed by atoms with E-state index < -0.39 is 17.5 Å². The number of hydrogen-bond acceptors (Lipinski definition) is 1. The van der Waals surface area contributed by atoms with Crippen LogP contribution in [-0.2, 0) is 6.42 Å². The molecule has 0 heterocycles. The van der Waals surface area contributed by atoms with Gasteiger partial charge in [0, 0.05) is 5.56 Å². The quantitative estimate of drug-likeness (QED) is 0.404. The maximum absolute atomic E-state index is 14.8. The third kappa shape index (κ3) is 3.95. The van der Waals surface area contributed by atoms with Gasteiger partial charge >= 0.3 is 0 Å². The van der Waals surface area contributed by atoms with Crippen molar-refractivity contribution in [2.75, 3.05) is 6.61 Å². The fourth-order valence-corrected chi connectivity index (χ4v) is 3.29. The minimum absolute atomic E-state index is 0.112. The van der Waals surface area contributed by atoms with Crippen molar-refractivity contribution >= 4 is 10.8 Å². The van der Waals surface area contributed by atoms with Gasteiger partial charge in [0.15, 0.2) is 11.6 Å². The summed E-state index contributed by atoms with van der Waals surface area (Å²) in [7, 11) is 0. The van der Waals surface area contributed by atoms with Crippen LogP contribution in [0.4, 0.5) is 13.2 Å². The highest BCUT2D eigenvalue weighted by molar-refractivity contribution is 5.89. The van der Waals surface area contributed by atoms with Crippen LogP contribution in [0.1, 0.15) is 38.7 Å². The van der Waals surface area contributed by atoms with Gasteiger partial charge in [0.1, 0.15) is 11.6 Å². The van der Waals surface area contributed by atoms with Crippen LogP contribution in [0.25, 0.3) is 21.9 Å². The van der Waals surface area contributed by atoms with E-state index in [1.54, 1.807) is 36.4 Å². The van der Waals surface area contributed by atoms with Crippen molar-refractivity contribution in [2.24, 2.45) is 0 Å². The molecule has 0 radical (unpaired) electrons. The molecule has 0 N–H and O–H groups in total. The summed E-state index contributed by atoms with van der Waals surface area (Å²) >= 11 is 0. The van der Waals surface area contributed by atoms with Gasteiger partial charge < -0.3 is 4.74 Å². The van der Waals surface area contributed by atoms with Crippen molar-refractivity contribution in [1.82, 2.24) is 0 Å². The lowest BCUT2D eigenvalue weighted by atomic mass is 9.96. The highest BCUT2D eigenvalue weighted by Gasteiger charge is 2.19. The van der Waals surface area contributed by atoms with Gasteiger partial charge in [0.05, 0.1) is 12.0 Å². The van der Waals surface area contributed by atoms with Gasteiger partial charge in [-0.05, 0) is 54.5 Å². The first-order chi connectivity index (χ1) is 13.1. The first kappa shape index (κ1) is 19.3. The van der Waals surface area contributed by atoms with E-state index in [1.165, 1.54) is 6.07 Å². The third-order valence-corrected chi connectivity index (χ3v) is 4.73. The van der Waals surface area contributed by atoms with Crippen LogP contribution in [0.3, 0.4) is 0 Å². The summed E-state index contributed by atoms with van der Waals surface area (Å²) in [6.45, 7) is 4.46. The smallest absolute Gasteiger partial charge is 0.170 e. The van der Waals surface area contributed by atoms with Crippen LogP contribution in [0.5, 0.6) is 5.75 Å². The van der Waals surface area contributed by atoms with Crippen LogP contribution in [0.15, 0.2) is 42.5 Å². The molecule has 142 valence electrons. The first-order valence-electron chi connectivity index (χ1n) is 9.39. The predicted molar refractivity (Wildman–Crippen MR) is 104 cm³/mol. The molecule has 1 nitrogen and oxygen atoms in total. The number of unbranched alkanes of at least 4 members (excludes halogenated alkanes) is 2. The fourth-order valence-electron chi connectivity index (χ4n) is 3.29. The highest BCUT2D eigenvalue weighted by Crippen LogP contribution is 2.34. The average molecular weight is 372 g/mol. The molecule has 27 heavy (non-hydrogen) atoms. The Balaban J connectivity index is 2.04. The standard InChI is InChI=1S/C23H23F3O/c1-3-5-6-7-16-8-9-17-14-19(22(25)23(26)20(17)21(16)24)15-10-12-18(13-11-15)27-4-2/h8-14H,3-7H2,1-2H3. The van der Waals surface area contributed by atoms with Crippen molar-refractivity contribution in [1.29, 1.82) is 0 Å². The molecule has 0 fully saturated rings. The zero-order valence-corrected chi connectivity index (χ0v) is 15.6. The van der Waals surface area contributed by atoms with Crippen molar-refractivity contribution in [3.8, 4) is 16.9 Å². The number of fused-ring (bicyclic) bond motifs is 1. The Hall–Kier alpha value is -2.49. The van der Waals surface area contributed by atoms with Crippen LogP contribution >= 0.6 is 0 Å². The van der Waals surface area contributed by atoms with Gasteiger partial charge in [0.2, 0.25) is 0 Å². The monoisotopic (exact) mass is 372 g/mol. The Labute approximate surface area is 157 Å². The lowest BCUT2D eigenvalue weighted by Crippen LogP contribution is -1.99. The van der Waals surface area contributed by atoms with Gasteiger partial charge in [-0.15, -0.1) is 0 Å².